The van der Waals surface area contributed by atoms with Crippen molar-refractivity contribution < 1.29 is 14.1 Å². The average molecular weight is 428 g/mol. The maximum absolute atomic E-state index is 12.5. The van der Waals surface area contributed by atoms with Crippen molar-refractivity contribution in [3.63, 3.8) is 0 Å². The number of rotatable bonds is 4. The molecule has 0 aliphatic carbocycles. The van der Waals surface area contributed by atoms with E-state index in [1.807, 2.05) is 6.07 Å². The number of para-hydroxylation sites is 1. The monoisotopic (exact) mass is 427 g/mol. The normalized spacial score (nSPS) is 10.8. The van der Waals surface area contributed by atoms with Crippen LogP contribution in [0.2, 0.25) is 5.02 Å². The van der Waals surface area contributed by atoms with Crippen LogP contribution in [-0.2, 0) is 0 Å². The lowest BCUT2D eigenvalue weighted by Gasteiger charge is -2.03. The van der Waals surface area contributed by atoms with Gasteiger partial charge in [0.15, 0.2) is 5.13 Å². The van der Waals surface area contributed by atoms with Crippen molar-refractivity contribution >= 4 is 50.6 Å². The van der Waals surface area contributed by atoms with Crippen LogP contribution >= 0.6 is 22.9 Å². The SMILES string of the molecule is O=C(Nc1nc(-c2cc3ccccc3oc2=O)cs1)c1cc(Cl)ccc1[N+](=O)[O-]. The number of halogens is 1. The average Bonchev–Trinajstić information content (AvgIpc) is 3.15. The van der Waals surface area contributed by atoms with Crippen LogP contribution in [0.1, 0.15) is 10.4 Å². The summed E-state index contributed by atoms with van der Waals surface area (Å²) in [5.41, 5.74) is -0.0986. The molecule has 2 aromatic heterocycles. The summed E-state index contributed by atoms with van der Waals surface area (Å²) >= 11 is 6.93. The van der Waals surface area contributed by atoms with Crippen LogP contribution in [0.5, 0.6) is 0 Å². The predicted octanol–water partition coefficient (Wildman–Crippen LogP) is 4.73. The van der Waals surface area contributed by atoms with E-state index < -0.39 is 16.5 Å². The summed E-state index contributed by atoms with van der Waals surface area (Å²) < 4.78 is 5.29. The smallest absolute Gasteiger partial charge is 0.345 e. The van der Waals surface area contributed by atoms with Crippen molar-refractivity contribution in [1.29, 1.82) is 0 Å². The molecule has 29 heavy (non-hydrogen) atoms. The van der Waals surface area contributed by atoms with E-state index in [-0.39, 0.29) is 27.0 Å². The number of carbonyl (C=O) groups excluding carboxylic acids is 1. The molecule has 0 aliphatic rings. The van der Waals surface area contributed by atoms with Gasteiger partial charge in [-0.2, -0.15) is 0 Å². The molecule has 0 saturated carbocycles. The third kappa shape index (κ3) is 3.73. The summed E-state index contributed by atoms with van der Waals surface area (Å²) in [5, 5.41) is 16.3. The molecule has 10 heteroatoms. The molecule has 4 aromatic rings. The highest BCUT2D eigenvalue weighted by Crippen LogP contribution is 2.27. The van der Waals surface area contributed by atoms with Crippen LogP contribution in [0.4, 0.5) is 10.8 Å². The standard InChI is InChI=1S/C19H10ClN3O5S/c20-11-5-6-15(23(26)27)13(8-11)17(24)22-19-21-14(9-29-19)12-7-10-3-1-2-4-16(10)28-18(12)25/h1-9H,(H,21,22,24). The van der Waals surface area contributed by atoms with Crippen LogP contribution in [0.3, 0.4) is 0 Å². The second-order valence-electron chi connectivity index (χ2n) is 5.90. The highest BCUT2D eigenvalue weighted by atomic mass is 35.5. The number of hydrogen-bond acceptors (Lipinski definition) is 7. The Balaban J connectivity index is 1.65. The number of nitrogens with zero attached hydrogens (tertiary/aromatic N) is 2. The number of benzene rings is 2. The van der Waals surface area contributed by atoms with Gasteiger partial charge in [0.25, 0.3) is 11.6 Å². The number of thiazole rings is 1. The molecular formula is C19H10ClN3O5S. The molecule has 2 aromatic carbocycles. The largest absolute Gasteiger partial charge is 0.422 e. The van der Waals surface area contributed by atoms with E-state index in [9.17, 15) is 19.7 Å². The summed E-state index contributed by atoms with van der Waals surface area (Å²) in [7, 11) is 0. The summed E-state index contributed by atoms with van der Waals surface area (Å²) in [6, 6.07) is 12.4. The second-order valence-corrected chi connectivity index (χ2v) is 7.19. The predicted molar refractivity (Wildman–Crippen MR) is 110 cm³/mol. The topological polar surface area (TPSA) is 115 Å². The van der Waals surface area contributed by atoms with Crippen LogP contribution < -0.4 is 10.9 Å². The van der Waals surface area contributed by atoms with Crippen molar-refractivity contribution in [3.05, 3.63) is 85.0 Å². The van der Waals surface area contributed by atoms with Gasteiger partial charge in [0.1, 0.15) is 11.1 Å². The zero-order valence-electron chi connectivity index (χ0n) is 14.4. The number of anilines is 1. The van der Waals surface area contributed by atoms with E-state index in [0.717, 1.165) is 22.8 Å². The van der Waals surface area contributed by atoms with E-state index in [0.29, 0.717) is 11.3 Å². The van der Waals surface area contributed by atoms with Gasteiger partial charge < -0.3 is 4.42 Å². The van der Waals surface area contributed by atoms with Gasteiger partial charge in [-0.05, 0) is 24.3 Å². The summed E-state index contributed by atoms with van der Waals surface area (Å²) in [5.74, 6) is -0.731. The molecule has 0 fully saturated rings. The maximum Gasteiger partial charge on any atom is 0.345 e. The molecule has 4 rings (SSSR count). The van der Waals surface area contributed by atoms with E-state index in [1.54, 1.807) is 29.6 Å². The summed E-state index contributed by atoms with van der Waals surface area (Å²) in [4.78, 5) is 39.5. The van der Waals surface area contributed by atoms with Gasteiger partial charge in [-0.15, -0.1) is 11.3 Å². The number of fused-ring (bicyclic) bond motifs is 1. The number of aromatic nitrogens is 1. The van der Waals surface area contributed by atoms with E-state index in [2.05, 4.69) is 10.3 Å². The van der Waals surface area contributed by atoms with Gasteiger partial charge in [-0.1, -0.05) is 29.8 Å². The molecule has 144 valence electrons. The number of amides is 1. The molecule has 0 atom stereocenters. The van der Waals surface area contributed by atoms with E-state index in [4.69, 9.17) is 16.0 Å². The Hall–Kier alpha value is -3.56. The Morgan fingerprint density at radius 2 is 2.00 bits per heavy atom. The number of carbonyl (C=O) groups is 1. The summed E-state index contributed by atoms with van der Waals surface area (Å²) in [6.45, 7) is 0. The molecule has 0 unspecified atom stereocenters. The quantitative estimate of drug-likeness (QED) is 0.286. The summed E-state index contributed by atoms with van der Waals surface area (Å²) in [6.07, 6.45) is 0. The van der Waals surface area contributed by atoms with Crippen LogP contribution in [-0.4, -0.2) is 15.8 Å². The zero-order chi connectivity index (χ0) is 20.5. The molecule has 0 radical (unpaired) electrons. The van der Waals surface area contributed by atoms with Crippen molar-refractivity contribution in [2.75, 3.05) is 5.32 Å². The molecule has 0 bridgehead atoms. The molecule has 2 heterocycles. The molecular weight excluding hydrogens is 418 g/mol. The first-order valence-electron chi connectivity index (χ1n) is 8.16. The molecule has 8 nitrogen and oxygen atoms in total. The number of hydrogen-bond donors (Lipinski definition) is 1. The molecule has 0 aliphatic heterocycles. The van der Waals surface area contributed by atoms with Crippen molar-refractivity contribution in [2.24, 2.45) is 0 Å². The van der Waals surface area contributed by atoms with E-state index >= 15 is 0 Å². The fourth-order valence-electron chi connectivity index (χ4n) is 2.71. The Morgan fingerprint density at radius 3 is 2.79 bits per heavy atom. The highest BCUT2D eigenvalue weighted by molar-refractivity contribution is 7.14. The van der Waals surface area contributed by atoms with Crippen molar-refractivity contribution in [2.45, 2.75) is 0 Å². The Labute approximate surface area is 171 Å². The van der Waals surface area contributed by atoms with Gasteiger partial charge in [-0.3, -0.25) is 20.2 Å². The molecule has 1 N–H and O–H groups in total. The van der Waals surface area contributed by atoms with Gasteiger partial charge in [-0.25, -0.2) is 9.78 Å². The van der Waals surface area contributed by atoms with E-state index in [1.165, 1.54) is 12.1 Å². The Morgan fingerprint density at radius 1 is 1.21 bits per heavy atom. The van der Waals surface area contributed by atoms with Crippen molar-refractivity contribution in [3.8, 4) is 11.3 Å². The Kier molecular flexibility index (Phi) is 4.83. The van der Waals surface area contributed by atoms with Crippen molar-refractivity contribution in [1.82, 2.24) is 4.98 Å². The fraction of sp³-hybridized carbons (Fsp3) is 0. The van der Waals surface area contributed by atoms with Gasteiger partial charge in [0, 0.05) is 21.9 Å². The highest BCUT2D eigenvalue weighted by Gasteiger charge is 2.22. The number of nitro benzene ring substituents is 1. The Bertz CT molecular complexity index is 1330. The molecule has 0 saturated heterocycles. The second kappa shape index (κ2) is 7.46. The maximum atomic E-state index is 12.5. The number of nitro groups is 1. The molecule has 1 amide bonds. The first kappa shape index (κ1) is 18.8. The lowest BCUT2D eigenvalue weighted by molar-refractivity contribution is -0.385. The van der Waals surface area contributed by atoms with Gasteiger partial charge >= 0.3 is 5.63 Å². The minimum atomic E-state index is -0.731. The van der Waals surface area contributed by atoms with Crippen LogP contribution in [0, 0.1) is 10.1 Å². The minimum absolute atomic E-state index is 0.173. The number of nitrogens with one attached hydrogen (secondary N) is 1. The first-order chi connectivity index (χ1) is 13.9. The third-order valence-corrected chi connectivity index (χ3v) is 5.03. The van der Waals surface area contributed by atoms with Crippen LogP contribution in [0.15, 0.2) is 63.1 Å². The third-order valence-electron chi connectivity index (χ3n) is 4.04. The van der Waals surface area contributed by atoms with Crippen LogP contribution in [0.25, 0.3) is 22.2 Å². The van der Waals surface area contributed by atoms with Gasteiger partial charge in [0.05, 0.1) is 16.2 Å². The van der Waals surface area contributed by atoms with Gasteiger partial charge in [0.2, 0.25) is 0 Å². The minimum Gasteiger partial charge on any atom is -0.422 e. The lowest BCUT2D eigenvalue weighted by atomic mass is 10.1. The molecule has 0 spiro atoms. The fourth-order valence-corrected chi connectivity index (χ4v) is 3.59. The zero-order valence-corrected chi connectivity index (χ0v) is 16.0. The first-order valence-corrected chi connectivity index (χ1v) is 9.42. The lowest BCUT2D eigenvalue weighted by Crippen LogP contribution is -2.14.